The van der Waals surface area contributed by atoms with Gasteiger partial charge in [0, 0.05) is 13.1 Å². The van der Waals surface area contributed by atoms with Crippen LogP contribution in [0.4, 0.5) is 0 Å². The number of hydrogen-bond acceptors (Lipinski definition) is 3. The zero-order chi connectivity index (χ0) is 9.73. The zero-order valence-electron chi connectivity index (χ0n) is 8.93. The summed E-state index contributed by atoms with van der Waals surface area (Å²) < 4.78 is 11.4. The Balaban J connectivity index is 2.38. The third-order valence-corrected chi connectivity index (χ3v) is 2.46. The van der Waals surface area contributed by atoms with E-state index in [-0.39, 0.29) is 11.7 Å². The lowest BCUT2D eigenvalue weighted by molar-refractivity contribution is -0.124. The normalized spacial score (nSPS) is 29.5. The highest BCUT2D eigenvalue weighted by Gasteiger charge is 2.31. The molecule has 0 unspecified atom stereocenters. The van der Waals surface area contributed by atoms with Crippen molar-refractivity contribution in [2.45, 2.75) is 38.9 Å². The van der Waals surface area contributed by atoms with Gasteiger partial charge in [-0.25, -0.2) is 0 Å². The lowest BCUT2D eigenvalue weighted by Gasteiger charge is -2.37. The molecule has 1 aliphatic heterocycles. The summed E-state index contributed by atoms with van der Waals surface area (Å²) in [5.74, 6) is 0. The molecule has 1 rings (SSSR count). The molecule has 0 spiro atoms. The Kier molecular flexibility index (Phi) is 4.16. The Morgan fingerprint density at radius 1 is 1.54 bits per heavy atom. The molecule has 1 N–H and O–H groups in total. The third-order valence-electron chi connectivity index (χ3n) is 2.46. The van der Waals surface area contributed by atoms with Crippen molar-refractivity contribution in [1.82, 2.24) is 5.32 Å². The predicted molar refractivity (Wildman–Crippen MR) is 52.9 cm³/mol. The number of hydrogen-bond donors (Lipinski definition) is 1. The van der Waals surface area contributed by atoms with Gasteiger partial charge in [0.05, 0.1) is 19.3 Å². The van der Waals surface area contributed by atoms with Gasteiger partial charge >= 0.3 is 0 Å². The van der Waals surface area contributed by atoms with Crippen LogP contribution in [-0.4, -0.2) is 38.0 Å². The van der Waals surface area contributed by atoms with E-state index in [2.05, 4.69) is 26.1 Å². The predicted octanol–water partition coefficient (Wildman–Crippen LogP) is 1.18. The molecule has 13 heavy (non-hydrogen) atoms. The average Bonchev–Trinajstić information content (AvgIpc) is 2.16. The summed E-state index contributed by atoms with van der Waals surface area (Å²) in [4.78, 5) is 0. The average molecular weight is 187 g/mol. The van der Waals surface area contributed by atoms with Crippen LogP contribution in [0.2, 0.25) is 0 Å². The van der Waals surface area contributed by atoms with E-state index in [0.29, 0.717) is 6.61 Å². The Labute approximate surface area is 80.8 Å². The van der Waals surface area contributed by atoms with Crippen LogP contribution in [0, 0.1) is 0 Å². The molecular formula is C10H21NO2. The van der Waals surface area contributed by atoms with Crippen molar-refractivity contribution < 1.29 is 9.47 Å². The molecule has 0 amide bonds. The molecule has 3 nitrogen and oxygen atoms in total. The fourth-order valence-electron chi connectivity index (χ4n) is 1.45. The fourth-order valence-corrected chi connectivity index (χ4v) is 1.45. The monoisotopic (exact) mass is 187 g/mol. The van der Waals surface area contributed by atoms with Gasteiger partial charge in [0.25, 0.3) is 0 Å². The molecule has 1 saturated heterocycles. The number of rotatable bonds is 4. The molecule has 1 fully saturated rings. The fraction of sp³-hybridized carbons (Fsp3) is 1.00. The summed E-state index contributed by atoms with van der Waals surface area (Å²) >= 11 is 0. The molecule has 0 aromatic carbocycles. The SMILES string of the molecule is CC[C@@]1(COC(C)C)CNCCO1. The van der Waals surface area contributed by atoms with Crippen molar-refractivity contribution in [2.75, 3.05) is 26.3 Å². The van der Waals surface area contributed by atoms with Crippen molar-refractivity contribution in [3.05, 3.63) is 0 Å². The minimum absolute atomic E-state index is 0.0808. The standard InChI is InChI=1S/C10H21NO2/c1-4-10(8-12-9(2)3)7-11-5-6-13-10/h9,11H,4-8H2,1-3H3/t10-/m0/s1. The van der Waals surface area contributed by atoms with Crippen molar-refractivity contribution in [1.29, 1.82) is 0 Å². The van der Waals surface area contributed by atoms with E-state index >= 15 is 0 Å². The molecule has 1 aliphatic rings. The Morgan fingerprint density at radius 2 is 2.31 bits per heavy atom. The molecule has 1 atom stereocenters. The first-order valence-corrected chi connectivity index (χ1v) is 5.15. The van der Waals surface area contributed by atoms with E-state index in [4.69, 9.17) is 9.47 Å². The van der Waals surface area contributed by atoms with Gasteiger partial charge in [-0.2, -0.15) is 0 Å². The summed E-state index contributed by atoms with van der Waals surface area (Å²) in [7, 11) is 0. The van der Waals surface area contributed by atoms with Crippen LogP contribution >= 0.6 is 0 Å². The number of morpholine rings is 1. The molecule has 3 heteroatoms. The van der Waals surface area contributed by atoms with Gasteiger partial charge in [-0.15, -0.1) is 0 Å². The number of ether oxygens (including phenoxy) is 2. The van der Waals surface area contributed by atoms with Gasteiger partial charge in [-0.05, 0) is 20.3 Å². The third kappa shape index (κ3) is 3.25. The van der Waals surface area contributed by atoms with Crippen molar-refractivity contribution in [3.63, 3.8) is 0 Å². The van der Waals surface area contributed by atoms with Gasteiger partial charge in [-0.1, -0.05) is 6.92 Å². The van der Waals surface area contributed by atoms with Crippen LogP contribution < -0.4 is 5.32 Å². The van der Waals surface area contributed by atoms with Crippen LogP contribution in [-0.2, 0) is 9.47 Å². The van der Waals surface area contributed by atoms with E-state index < -0.39 is 0 Å². The Morgan fingerprint density at radius 3 is 2.77 bits per heavy atom. The first-order valence-electron chi connectivity index (χ1n) is 5.15. The van der Waals surface area contributed by atoms with E-state index in [1.807, 2.05) is 0 Å². The van der Waals surface area contributed by atoms with Crippen LogP contribution in [0.1, 0.15) is 27.2 Å². The maximum Gasteiger partial charge on any atom is 0.104 e. The second kappa shape index (κ2) is 4.94. The topological polar surface area (TPSA) is 30.5 Å². The molecule has 0 aromatic heterocycles. The van der Waals surface area contributed by atoms with Crippen LogP contribution in [0.15, 0.2) is 0 Å². The number of nitrogens with one attached hydrogen (secondary N) is 1. The lowest BCUT2D eigenvalue weighted by Crippen LogP contribution is -2.52. The summed E-state index contributed by atoms with van der Waals surface area (Å²) in [5.41, 5.74) is -0.0808. The first kappa shape index (κ1) is 11.0. The largest absolute Gasteiger partial charge is 0.376 e. The maximum absolute atomic E-state index is 5.78. The molecule has 0 saturated carbocycles. The quantitative estimate of drug-likeness (QED) is 0.717. The highest BCUT2D eigenvalue weighted by Crippen LogP contribution is 2.18. The molecule has 0 bridgehead atoms. The summed E-state index contributed by atoms with van der Waals surface area (Å²) in [5, 5.41) is 3.35. The van der Waals surface area contributed by atoms with Crippen molar-refractivity contribution in [2.24, 2.45) is 0 Å². The highest BCUT2D eigenvalue weighted by atomic mass is 16.5. The van der Waals surface area contributed by atoms with Crippen LogP contribution in [0.3, 0.4) is 0 Å². The van der Waals surface area contributed by atoms with Gasteiger partial charge in [0.15, 0.2) is 0 Å². The Bertz CT molecular complexity index is 142. The van der Waals surface area contributed by atoms with Crippen LogP contribution in [0.25, 0.3) is 0 Å². The van der Waals surface area contributed by atoms with E-state index in [1.165, 1.54) is 0 Å². The van der Waals surface area contributed by atoms with E-state index in [0.717, 1.165) is 26.1 Å². The zero-order valence-corrected chi connectivity index (χ0v) is 8.93. The van der Waals surface area contributed by atoms with Crippen LogP contribution in [0.5, 0.6) is 0 Å². The Hall–Kier alpha value is -0.120. The van der Waals surface area contributed by atoms with E-state index in [1.54, 1.807) is 0 Å². The molecule has 78 valence electrons. The highest BCUT2D eigenvalue weighted by molar-refractivity contribution is 4.85. The van der Waals surface area contributed by atoms with Gasteiger partial charge in [-0.3, -0.25) is 0 Å². The van der Waals surface area contributed by atoms with Crippen molar-refractivity contribution in [3.8, 4) is 0 Å². The van der Waals surface area contributed by atoms with Gasteiger partial charge in [0.1, 0.15) is 5.60 Å². The van der Waals surface area contributed by atoms with E-state index in [9.17, 15) is 0 Å². The second-order valence-corrected chi connectivity index (χ2v) is 3.92. The minimum atomic E-state index is -0.0808. The van der Waals surface area contributed by atoms with Gasteiger partial charge in [0.2, 0.25) is 0 Å². The maximum atomic E-state index is 5.78. The lowest BCUT2D eigenvalue weighted by atomic mass is 10.0. The van der Waals surface area contributed by atoms with Crippen molar-refractivity contribution >= 4 is 0 Å². The molecule has 0 aromatic rings. The second-order valence-electron chi connectivity index (χ2n) is 3.92. The smallest absolute Gasteiger partial charge is 0.104 e. The molecular weight excluding hydrogens is 166 g/mol. The molecule has 0 radical (unpaired) electrons. The van der Waals surface area contributed by atoms with Gasteiger partial charge < -0.3 is 14.8 Å². The summed E-state index contributed by atoms with van der Waals surface area (Å²) in [6, 6.07) is 0. The summed E-state index contributed by atoms with van der Waals surface area (Å²) in [6.07, 6.45) is 1.29. The minimum Gasteiger partial charge on any atom is -0.376 e. The summed E-state index contributed by atoms with van der Waals surface area (Å²) in [6.45, 7) is 9.64. The molecule has 0 aliphatic carbocycles. The molecule has 1 heterocycles. The first-order chi connectivity index (χ1) is 6.18.